The number of benzene rings is 1. The maximum Gasteiger partial charge on any atom is 0.146 e. The average Bonchev–Trinajstić information content (AvgIpc) is 2.91. The minimum atomic E-state index is -0.0801. The van der Waals surface area contributed by atoms with E-state index in [9.17, 15) is 4.39 Å². The van der Waals surface area contributed by atoms with Crippen molar-refractivity contribution in [2.24, 2.45) is 11.7 Å². The van der Waals surface area contributed by atoms with Gasteiger partial charge in [0.2, 0.25) is 0 Å². The number of hydrogen-bond donors (Lipinski definition) is 1. The van der Waals surface area contributed by atoms with Crippen molar-refractivity contribution in [3.8, 4) is 0 Å². The number of piperidine rings is 1. The second-order valence-corrected chi connectivity index (χ2v) is 5.31. The summed E-state index contributed by atoms with van der Waals surface area (Å²) in [6, 6.07) is 6.17. The summed E-state index contributed by atoms with van der Waals surface area (Å²) in [7, 11) is 0. The van der Waals surface area contributed by atoms with Gasteiger partial charge in [0.05, 0.1) is 5.69 Å². The lowest BCUT2D eigenvalue weighted by Gasteiger charge is -2.29. The van der Waals surface area contributed by atoms with Crippen LogP contribution in [0.25, 0.3) is 0 Å². The maximum atomic E-state index is 14.1. The van der Waals surface area contributed by atoms with Crippen LogP contribution >= 0.6 is 0 Å². The van der Waals surface area contributed by atoms with Crippen LogP contribution in [0.15, 0.2) is 18.2 Å². The molecule has 2 nitrogen and oxygen atoms in total. The van der Waals surface area contributed by atoms with Crippen molar-refractivity contribution in [1.82, 2.24) is 0 Å². The van der Waals surface area contributed by atoms with Crippen molar-refractivity contribution >= 4 is 5.69 Å². The molecule has 0 radical (unpaired) electrons. The van der Waals surface area contributed by atoms with Gasteiger partial charge in [0, 0.05) is 12.6 Å². The summed E-state index contributed by atoms with van der Waals surface area (Å²) in [6.45, 7) is 1.62. The summed E-state index contributed by atoms with van der Waals surface area (Å²) in [5, 5.41) is 0. The minimum Gasteiger partial charge on any atom is -0.366 e. The summed E-state index contributed by atoms with van der Waals surface area (Å²) in [5.74, 6) is 0.714. The smallest absolute Gasteiger partial charge is 0.146 e. The number of fused-ring (bicyclic) bond motifs is 2. The molecule has 1 aliphatic heterocycles. The second-order valence-electron chi connectivity index (χ2n) is 5.31. The number of halogens is 1. The summed E-state index contributed by atoms with van der Waals surface area (Å²) >= 11 is 0. The molecule has 2 aliphatic rings. The molecule has 0 aromatic heterocycles. The van der Waals surface area contributed by atoms with E-state index in [1.54, 1.807) is 6.07 Å². The van der Waals surface area contributed by atoms with E-state index in [-0.39, 0.29) is 5.82 Å². The molecule has 2 bridgehead atoms. The monoisotopic (exact) mass is 234 g/mol. The predicted molar refractivity (Wildman–Crippen MR) is 67.6 cm³/mol. The van der Waals surface area contributed by atoms with Crippen molar-refractivity contribution < 1.29 is 4.39 Å². The summed E-state index contributed by atoms with van der Waals surface area (Å²) in [6.07, 6.45) is 4.57. The van der Waals surface area contributed by atoms with Crippen LogP contribution in [-0.4, -0.2) is 19.1 Å². The normalized spacial score (nSPS) is 26.8. The van der Waals surface area contributed by atoms with Crippen LogP contribution in [0, 0.1) is 11.7 Å². The van der Waals surface area contributed by atoms with Gasteiger partial charge in [0.1, 0.15) is 5.82 Å². The molecule has 92 valence electrons. The number of anilines is 1. The van der Waals surface area contributed by atoms with Crippen molar-refractivity contribution in [2.45, 2.75) is 31.7 Å². The zero-order valence-electron chi connectivity index (χ0n) is 10.0. The zero-order valence-corrected chi connectivity index (χ0v) is 10.0. The molecular formula is C14H19FN2. The molecule has 1 aromatic rings. The Morgan fingerprint density at radius 1 is 1.35 bits per heavy atom. The number of hydrogen-bond acceptors (Lipinski definition) is 2. The van der Waals surface area contributed by atoms with Crippen LogP contribution in [0.5, 0.6) is 0 Å². The Balaban J connectivity index is 1.83. The summed E-state index contributed by atoms with van der Waals surface area (Å²) in [4.78, 5) is 2.26. The highest BCUT2D eigenvalue weighted by Gasteiger charge is 2.38. The lowest BCUT2D eigenvalue weighted by molar-refractivity contribution is 0.540. The Labute approximate surface area is 102 Å². The van der Waals surface area contributed by atoms with E-state index >= 15 is 0 Å². The molecular weight excluding hydrogens is 215 g/mol. The number of nitrogens with zero attached hydrogens (tertiary/aromatic N) is 1. The predicted octanol–water partition coefficient (Wildman–Crippen LogP) is 2.32. The lowest BCUT2D eigenvalue weighted by atomic mass is 10.1. The third-order valence-electron chi connectivity index (χ3n) is 4.16. The highest BCUT2D eigenvalue weighted by atomic mass is 19.1. The van der Waals surface area contributed by atoms with Gasteiger partial charge in [-0.1, -0.05) is 6.07 Å². The average molecular weight is 234 g/mol. The van der Waals surface area contributed by atoms with E-state index in [4.69, 9.17) is 5.73 Å². The fraction of sp³-hybridized carbons (Fsp3) is 0.571. The molecule has 3 rings (SSSR count). The van der Waals surface area contributed by atoms with Gasteiger partial charge in [-0.15, -0.1) is 0 Å². The van der Waals surface area contributed by atoms with Gasteiger partial charge in [0.25, 0.3) is 0 Å². The van der Waals surface area contributed by atoms with Crippen LogP contribution in [0.2, 0.25) is 0 Å². The van der Waals surface area contributed by atoms with Crippen LogP contribution in [0.1, 0.15) is 24.8 Å². The van der Waals surface area contributed by atoms with Gasteiger partial charge in [0.15, 0.2) is 0 Å². The highest BCUT2D eigenvalue weighted by Crippen LogP contribution is 2.40. The molecule has 3 heteroatoms. The standard InChI is InChI=1S/C14H19FN2/c15-13-8-10(5-6-16)2-4-14(13)17-9-11-1-3-12(17)7-11/h2,4,8,11-12H,1,3,5-7,9,16H2. The Hall–Kier alpha value is -1.09. The Kier molecular flexibility index (Phi) is 2.79. The van der Waals surface area contributed by atoms with Crippen LogP contribution < -0.4 is 10.6 Å². The quantitative estimate of drug-likeness (QED) is 0.869. The topological polar surface area (TPSA) is 29.3 Å². The van der Waals surface area contributed by atoms with Crippen LogP contribution in [0.4, 0.5) is 10.1 Å². The summed E-state index contributed by atoms with van der Waals surface area (Å²) < 4.78 is 14.1. The molecule has 2 atom stereocenters. The largest absolute Gasteiger partial charge is 0.366 e. The lowest BCUT2D eigenvalue weighted by Crippen LogP contribution is -2.32. The molecule has 2 unspecified atom stereocenters. The fourth-order valence-corrected chi connectivity index (χ4v) is 3.33. The molecule has 1 heterocycles. The first-order valence-electron chi connectivity index (χ1n) is 6.53. The molecule has 2 N–H and O–H groups in total. The van der Waals surface area contributed by atoms with Gasteiger partial charge >= 0.3 is 0 Å². The van der Waals surface area contributed by atoms with Gasteiger partial charge in [-0.2, -0.15) is 0 Å². The third kappa shape index (κ3) is 1.93. The SMILES string of the molecule is NCCc1ccc(N2CC3CCC2C3)c(F)c1. The first-order valence-corrected chi connectivity index (χ1v) is 6.53. The van der Waals surface area contributed by atoms with Gasteiger partial charge in [-0.05, 0) is 55.8 Å². The highest BCUT2D eigenvalue weighted by molar-refractivity contribution is 5.52. The molecule has 0 spiro atoms. The van der Waals surface area contributed by atoms with Crippen molar-refractivity contribution in [3.05, 3.63) is 29.6 Å². The van der Waals surface area contributed by atoms with Gasteiger partial charge in [-0.3, -0.25) is 0 Å². The Bertz CT molecular complexity index is 419. The van der Waals surface area contributed by atoms with E-state index in [0.29, 0.717) is 12.6 Å². The van der Waals surface area contributed by atoms with Gasteiger partial charge in [-0.25, -0.2) is 4.39 Å². The van der Waals surface area contributed by atoms with Crippen LogP contribution in [-0.2, 0) is 6.42 Å². The second kappa shape index (κ2) is 4.30. The molecule has 2 fully saturated rings. The summed E-state index contributed by atoms with van der Waals surface area (Å²) in [5.41, 5.74) is 7.28. The first kappa shape index (κ1) is 11.0. The number of nitrogens with two attached hydrogens (primary N) is 1. The first-order chi connectivity index (χ1) is 8.28. The van der Waals surface area contributed by atoms with E-state index in [1.807, 2.05) is 12.1 Å². The minimum absolute atomic E-state index is 0.0801. The Morgan fingerprint density at radius 3 is 2.82 bits per heavy atom. The van der Waals surface area contributed by atoms with Crippen molar-refractivity contribution in [2.75, 3.05) is 18.0 Å². The molecule has 1 saturated heterocycles. The third-order valence-corrected chi connectivity index (χ3v) is 4.16. The van der Waals surface area contributed by atoms with Crippen molar-refractivity contribution in [3.63, 3.8) is 0 Å². The van der Waals surface area contributed by atoms with E-state index in [0.717, 1.165) is 30.1 Å². The van der Waals surface area contributed by atoms with Crippen LogP contribution in [0.3, 0.4) is 0 Å². The zero-order chi connectivity index (χ0) is 11.8. The molecule has 1 saturated carbocycles. The molecule has 1 aliphatic carbocycles. The molecule has 0 amide bonds. The Morgan fingerprint density at radius 2 is 2.24 bits per heavy atom. The van der Waals surface area contributed by atoms with Gasteiger partial charge < -0.3 is 10.6 Å². The van der Waals surface area contributed by atoms with E-state index < -0.39 is 0 Å². The van der Waals surface area contributed by atoms with Crippen molar-refractivity contribution in [1.29, 1.82) is 0 Å². The molecule has 1 aromatic carbocycles. The number of rotatable bonds is 3. The molecule has 17 heavy (non-hydrogen) atoms. The maximum absolute atomic E-state index is 14.1. The van der Waals surface area contributed by atoms with E-state index in [1.165, 1.54) is 19.3 Å². The van der Waals surface area contributed by atoms with E-state index in [2.05, 4.69) is 4.90 Å². The fourth-order valence-electron chi connectivity index (χ4n) is 3.33.